The SMILES string of the molecule is Cc1cc(S(=O)(=O)N2CCN[C@H](C)C2)ccc1C#N. The summed E-state index contributed by atoms with van der Waals surface area (Å²) in [5, 5.41) is 12.1. The summed E-state index contributed by atoms with van der Waals surface area (Å²) in [5.41, 5.74) is 1.19. The molecule has 2 rings (SSSR count). The molecular weight excluding hydrogens is 262 g/mol. The van der Waals surface area contributed by atoms with Crippen molar-refractivity contribution in [3.63, 3.8) is 0 Å². The fourth-order valence-electron chi connectivity index (χ4n) is 2.19. The molecule has 19 heavy (non-hydrogen) atoms. The van der Waals surface area contributed by atoms with Gasteiger partial charge in [0.1, 0.15) is 0 Å². The molecular formula is C13H17N3O2S. The topological polar surface area (TPSA) is 73.2 Å². The number of benzene rings is 1. The third-order valence-corrected chi connectivity index (χ3v) is 5.15. The van der Waals surface area contributed by atoms with Crippen molar-refractivity contribution >= 4 is 10.0 Å². The molecule has 102 valence electrons. The number of hydrogen-bond acceptors (Lipinski definition) is 4. The van der Waals surface area contributed by atoms with Gasteiger partial charge in [-0.3, -0.25) is 0 Å². The highest BCUT2D eigenvalue weighted by Gasteiger charge is 2.28. The Bertz CT molecular complexity index is 619. The van der Waals surface area contributed by atoms with Crippen LogP contribution in [0.25, 0.3) is 0 Å². The molecule has 1 heterocycles. The number of aryl methyl sites for hydroxylation is 1. The maximum absolute atomic E-state index is 12.5. The van der Waals surface area contributed by atoms with E-state index in [-0.39, 0.29) is 10.9 Å². The molecule has 0 spiro atoms. The van der Waals surface area contributed by atoms with Gasteiger partial charge in [0.15, 0.2) is 0 Å². The highest BCUT2D eigenvalue weighted by molar-refractivity contribution is 7.89. The minimum Gasteiger partial charge on any atom is -0.312 e. The molecule has 5 nitrogen and oxygen atoms in total. The quantitative estimate of drug-likeness (QED) is 0.871. The maximum Gasteiger partial charge on any atom is 0.243 e. The van der Waals surface area contributed by atoms with Gasteiger partial charge in [-0.15, -0.1) is 0 Å². The summed E-state index contributed by atoms with van der Waals surface area (Å²) in [6.45, 7) is 5.33. The summed E-state index contributed by atoms with van der Waals surface area (Å²) >= 11 is 0. The number of rotatable bonds is 2. The van der Waals surface area contributed by atoms with E-state index in [1.54, 1.807) is 19.1 Å². The van der Waals surface area contributed by atoms with Crippen molar-refractivity contribution in [3.05, 3.63) is 29.3 Å². The van der Waals surface area contributed by atoms with Crippen LogP contribution in [0, 0.1) is 18.3 Å². The number of nitrogens with zero attached hydrogens (tertiary/aromatic N) is 2. The van der Waals surface area contributed by atoms with Gasteiger partial charge in [-0.2, -0.15) is 9.57 Å². The first-order valence-corrected chi connectivity index (χ1v) is 7.63. The first-order chi connectivity index (χ1) is 8.95. The Kier molecular flexibility index (Phi) is 3.90. The summed E-state index contributed by atoms with van der Waals surface area (Å²) in [6.07, 6.45) is 0. The average molecular weight is 279 g/mol. The highest BCUT2D eigenvalue weighted by Crippen LogP contribution is 2.20. The van der Waals surface area contributed by atoms with Gasteiger partial charge in [-0.25, -0.2) is 8.42 Å². The molecule has 1 fully saturated rings. The van der Waals surface area contributed by atoms with Gasteiger partial charge >= 0.3 is 0 Å². The van der Waals surface area contributed by atoms with Gasteiger partial charge < -0.3 is 5.32 Å². The molecule has 0 radical (unpaired) electrons. The fraction of sp³-hybridized carbons (Fsp3) is 0.462. The van der Waals surface area contributed by atoms with Crippen molar-refractivity contribution in [1.82, 2.24) is 9.62 Å². The molecule has 1 N–H and O–H groups in total. The Morgan fingerprint density at radius 3 is 2.79 bits per heavy atom. The molecule has 1 aromatic carbocycles. The molecule has 1 saturated heterocycles. The van der Waals surface area contributed by atoms with Crippen molar-refractivity contribution in [2.45, 2.75) is 24.8 Å². The lowest BCUT2D eigenvalue weighted by atomic mass is 10.1. The van der Waals surface area contributed by atoms with Crippen LogP contribution in [0.4, 0.5) is 0 Å². The van der Waals surface area contributed by atoms with Crippen LogP contribution in [-0.4, -0.2) is 38.4 Å². The Labute approximate surface area is 113 Å². The smallest absolute Gasteiger partial charge is 0.243 e. The lowest BCUT2D eigenvalue weighted by molar-refractivity contribution is 0.310. The van der Waals surface area contributed by atoms with Crippen LogP contribution in [-0.2, 0) is 10.0 Å². The van der Waals surface area contributed by atoms with E-state index in [1.807, 2.05) is 13.0 Å². The third kappa shape index (κ3) is 2.78. The minimum absolute atomic E-state index is 0.156. The van der Waals surface area contributed by atoms with E-state index in [4.69, 9.17) is 5.26 Å². The summed E-state index contributed by atoms with van der Waals surface area (Å²) in [5.74, 6) is 0. The zero-order valence-corrected chi connectivity index (χ0v) is 11.9. The maximum atomic E-state index is 12.5. The number of nitrogens with one attached hydrogen (secondary N) is 1. The molecule has 0 saturated carbocycles. The average Bonchev–Trinajstić information content (AvgIpc) is 2.38. The van der Waals surface area contributed by atoms with E-state index < -0.39 is 10.0 Å². The third-order valence-electron chi connectivity index (χ3n) is 3.29. The number of sulfonamides is 1. The molecule has 0 bridgehead atoms. The summed E-state index contributed by atoms with van der Waals surface area (Å²) < 4.78 is 26.5. The zero-order chi connectivity index (χ0) is 14.0. The van der Waals surface area contributed by atoms with Gasteiger partial charge in [0, 0.05) is 25.7 Å². The van der Waals surface area contributed by atoms with Crippen LogP contribution in [0.2, 0.25) is 0 Å². The highest BCUT2D eigenvalue weighted by atomic mass is 32.2. The first kappa shape index (κ1) is 14.0. The van der Waals surface area contributed by atoms with Crippen molar-refractivity contribution in [2.24, 2.45) is 0 Å². The van der Waals surface area contributed by atoms with Gasteiger partial charge in [-0.1, -0.05) is 0 Å². The first-order valence-electron chi connectivity index (χ1n) is 6.19. The Morgan fingerprint density at radius 1 is 1.47 bits per heavy atom. The van der Waals surface area contributed by atoms with Crippen molar-refractivity contribution in [2.75, 3.05) is 19.6 Å². The van der Waals surface area contributed by atoms with Crippen molar-refractivity contribution in [1.29, 1.82) is 5.26 Å². The molecule has 1 aliphatic heterocycles. The lowest BCUT2D eigenvalue weighted by Crippen LogP contribution is -2.51. The fourth-order valence-corrected chi connectivity index (χ4v) is 3.80. The molecule has 1 atom stereocenters. The molecule has 6 heteroatoms. The van der Waals surface area contributed by atoms with E-state index in [9.17, 15) is 8.42 Å². The minimum atomic E-state index is -3.46. The van der Waals surface area contributed by atoms with Gasteiger partial charge in [0.05, 0.1) is 16.5 Å². The van der Waals surface area contributed by atoms with Gasteiger partial charge in [0.25, 0.3) is 0 Å². The van der Waals surface area contributed by atoms with E-state index in [0.717, 1.165) is 0 Å². The standard InChI is InChI=1S/C13H17N3O2S/c1-10-7-13(4-3-12(10)8-14)19(17,18)16-6-5-15-11(2)9-16/h3-4,7,11,15H,5-6,9H2,1-2H3/t11-/m1/s1. The Hall–Kier alpha value is -1.42. The normalized spacial score (nSPS) is 21.0. The van der Waals surface area contributed by atoms with Crippen LogP contribution in [0.1, 0.15) is 18.1 Å². The molecule has 1 aromatic rings. The van der Waals surface area contributed by atoms with Crippen LogP contribution in [0.3, 0.4) is 0 Å². The second-order valence-corrected chi connectivity index (χ2v) is 6.74. The van der Waals surface area contributed by atoms with Crippen molar-refractivity contribution in [3.8, 4) is 6.07 Å². The molecule has 0 unspecified atom stereocenters. The Balaban J connectivity index is 2.34. The van der Waals surface area contributed by atoms with Crippen LogP contribution in [0.5, 0.6) is 0 Å². The molecule has 0 aromatic heterocycles. The second kappa shape index (κ2) is 5.29. The van der Waals surface area contributed by atoms with Crippen LogP contribution in [0.15, 0.2) is 23.1 Å². The van der Waals surface area contributed by atoms with Crippen LogP contribution >= 0.6 is 0 Å². The number of hydrogen-bond donors (Lipinski definition) is 1. The second-order valence-electron chi connectivity index (χ2n) is 4.81. The molecule has 1 aliphatic rings. The lowest BCUT2D eigenvalue weighted by Gasteiger charge is -2.31. The van der Waals surface area contributed by atoms with E-state index in [1.165, 1.54) is 10.4 Å². The van der Waals surface area contributed by atoms with E-state index in [2.05, 4.69) is 5.32 Å². The zero-order valence-electron chi connectivity index (χ0n) is 11.0. The molecule has 0 aliphatic carbocycles. The predicted molar refractivity (Wildman–Crippen MR) is 72.1 cm³/mol. The number of nitriles is 1. The monoisotopic (exact) mass is 279 g/mol. The summed E-state index contributed by atoms with van der Waals surface area (Å²) in [4.78, 5) is 0.262. The number of piperazine rings is 1. The molecule has 0 amide bonds. The van der Waals surface area contributed by atoms with E-state index >= 15 is 0 Å². The summed E-state index contributed by atoms with van der Waals surface area (Å²) in [6, 6.07) is 6.84. The van der Waals surface area contributed by atoms with E-state index in [0.29, 0.717) is 30.8 Å². The largest absolute Gasteiger partial charge is 0.312 e. The van der Waals surface area contributed by atoms with Crippen molar-refractivity contribution < 1.29 is 8.42 Å². The Morgan fingerprint density at radius 2 is 2.21 bits per heavy atom. The predicted octanol–water partition coefficient (Wildman–Crippen LogP) is 0.849. The van der Waals surface area contributed by atoms with Gasteiger partial charge in [-0.05, 0) is 37.6 Å². The summed E-state index contributed by atoms with van der Waals surface area (Å²) in [7, 11) is -3.46. The van der Waals surface area contributed by atoms with Gasteiger partial charge in [0.2, 0.25) is 10.0 Å². The van der Waals surface area contributed by atoms with Crippen LogP contribution < -0.4 is 5.32 Å².